The zero-order valence-corrected chi connectivity index (χ0v) is 10.2. The first-order chi connectivity index (χ1) is 8.72. The molecule has 0 radical (unpaired) electrons. The largest absolute Gasteiger partial charge is 0.308 e. The van der Waals surface area contributed by atoms with E-state index in [4.69, 9.17) is 0 Å². The predicted molar refractivity (Wildman–Crippen MR) is 65.9 cm³/mol. The minimum Gasteiger partial charge on any atom is -0.308 e. The molecular formula is C13H15FN4. The van der Waals surface area contributed by atoms with Crippen LogP contribution >= 0.6 is 0 Å². The molecule has 0 unspecified atom stereocenters. The highest BCUT2D eigenvalue weighted by atomic mass is 19.1. The molecule has 0 amide bonds. The Hall–Kier alpha value is -1.75. The Morgan fingerprint density at radius 3 is 3.00 bits per heavy atom. The fourth-order valence-electron chi connectivity index (χ4n) is 1.87. The van der Waals surface area contributed by atoms with E-state index in [2.05, 4.69) is 15.5 Å². The molecule has 1 fully saturated rings. The molecular weight excluding hydrogens is 231 g/mol. The Kier molecular flexibility index (Phi) is 2.83. The van der Waals surface area contributed by atoms with E-state index < -0.39 is 0 Å². The summed E-state index contributed by atoms with van der Waals surface area (Å²) in [6, 6.07) is 5.26. The van der Waals surface area contributed by atoms with Gasteiger partial charge in [-0.3, -0.25) is 0 Å². The topological polar surface area (TPSA) is 42.7 Å². The van der Waals surface area contributed by atoms with Crippen molar-refractivity contribution in [3.63, 3.8) is 0 Å². The molecule has 4 nitrogen and oxygen atoms in total. The maximum absolute atomic E-state index is 13.0. The van der Waals surface area contributed by atoms with Crippen LogP contribution in [0.2, 0.25) is 0 Å². The van der Waals surface area contributed by atoms with Gasteiger partial charge in [0.1, 0.15) is 5.82 Å². The fourth-order valence-corrected chi connectivity index (χ4v) is 1.87. The molecule has 1 aliphatic carbocycles. The van der Waals surface area contributed by atoms with Crippen molar-refractivity contribution in [1.82, 2.24) is 20.3 Å². The molecule has 1 aliphatic rings. The standard InChI is InChI=1S/C13H15FN4/c1-9-6-10(14)2-5-13(9)18-16-8-12(17-18)7-15-11-3-4-11/h2,5-6,8,11,15H,3-4,7H2,1H3. The van der Waals surface area contributed by atoms with E-state index in [1.165, 1.54) is 25.0 Å². The van der Waals surface area contributed by atoms with Crippen molar-refractivity contribution < 1.29 is 4.39 Å². The summed E-state index contributed by atoms with van der Waals surface area (Å²) in [5, 5.41) is 12.0. The molecule has 0 bridgehead atoms. The lowest BCUT2D eigenvalue weighted by Gasteiger charge is -2.03. The molecule has 1 aromatic carbocycles. The van der Waals surface area contributed by atoms with E-state index >= 15 is 0 Å². The third-order valence-electron chi connectivity index (χ3n) is 3.06. The number of halogens is 1. The van der Waals surface area contributed by atoms with Gasteiger partial charge in [-0.1, -0.05) is 0 Å². The number of aryl methyl sites for hydroxylation is 1. The number of nitrogens with zero attached hydrogens (tertiary/aromatic N) is 3. The average Bonchev–Trinajstić information content (AvgIpc) is 3.05. The number of rotatable bonds is 4. The van der Waals surface area contributed by atoms with Crippen LogP contribution in [0.5, 0.6) is 0 Å². The summed E-state index contributed by atoms with van der Waals surface area (Å²) in [4.78, 5) is 1.55. The van der Waals surface area contributed by atoms with Gasteiger partial charge in [-0.25, -0.2) is 4.39 Å². The van der Waals surface area contributed by atoms with Gasteiger partial charge in [-0.15, -0.1) is 0 Å². The van der Waals surface area contributed by atoms with Gasteiger partial charge in [-0.2, -0.15) is 15.0 Å². The second-order valence-corrected chi connectivity index (χ2v) is 4.71. The van der Waals surface area contributed by atoms with E-state index in [1.54, 1.807) is 17.1 Å². The van der Waals surface area contributed by atoms with Gasteiger partial charge in [0.2, 0.25) is 0 Å². The molecule has 1 aromatic heterocycles. The van der Waals surface area contributed by atoms with Crippen LogP contribution < -0.4 is 5.32 Å². The highest BCUT2D eigenvalue weighted by Crippen LogP contribution is 2.19. The van der Waals surface area contributed by atoms with Crippen LogP contribution in [0.1, 0.15) is 24.1 Å². The second-order valence-electron chi connectivity index (χ2n) is 4.71. The van der Waals surface area contributed by atoms with Gasteiger partial charge in [0.15, 0.2) is 0 Å². The molecule has 3 rings (SSSR count). The maximum Gasteiger partial charge on any atom is 0.123 e. The lowest BCUT2D eigenvalue weighted by atomic mass is 10.2. The van der Waals surface area contributed by atoms with Gasteiger partial charge in [0, 0.05) is 12.6 Å². The van der Waals surface area contributed by atoms with Gasteiger partial charge in [0.05, 0.1) is 17.6 Å². The fraction of sp³-hybridized carbons (Fsp3) is 0.385. The van der Waals surface area contributed by atoms with Crippen LogP contribution in [-0.4, -0.2) is 21.0 Å². The molecule has 1 saturated carbocycles. The van der Waals surface area contributed by atoms with Crippen molar-refractivity contribution in [1.29, 1.82) is 0 Å². The summed E-state index contributed by atoms with van der Waals surface area (Å²) in [7, 11) is 0. The molecule has 1 N–H and O–H groups in total. The monoisotopic (exact) mass is 246 g/mol. The molecule has 0 aliphatic heterocycles. The summed E-state index contributed by atoms with van der Waals surface area (Å²) in [5.74, 6) is -0.237. The minimum absolute atomic E-state index is 0.237. The van der Waals surface area contributed by atoms with Crippen molar-refractivity contribution in [2.24, 2.45) is 0 Å². The summed E-state index contributed by atoms with van der Waals surface area (Å²) < 4.78 is 13.0. The third-order valence-corrected chi connectivity index (χ3v) is 3.06. The first-order valence-corrected chi connectivity index (χ1v) is 6.13. The molecule has 0 saturated heterocycles. The van der Waals surface area contributed by atoms with E-state index in [0.29, 0.717) is 6.04 Å². The highest BCUT2D eigenvalue weighted by molar-refractivity contribution is 5.38. The van der Waals surface area contributed by atoms with Crippen LogP contribution in [-0.2, 0) is 6.54 Å². The molecule has 94 valence electrons. The molecule has 18 heavy (non-hydrogen) atoms. The quantitative estimate of drug-likeness (QED) is 0.896. The zero-order chi connectivity index (χ0) is 12.5. The number of benzene rings is 1. The smallest absolute Gasteiger partial charge is 0.123 e. The predicted octanol–water partition coefficient (Wildman–Crippen LogP) is 1.97. The van der Waals surface area contributed by atoms with Crippen LogP contribution in [0.4, 0.5) is 4.39 Å². The van der Waals surface area contributed by atoms with E-state index in [9.17, 15) is 4.39 Å². The molecule has 2 aromatic rings. The highest BCUT2D eigenvalue weighted by Gasteiger charge is 2.20. The first kappa shape index (κ1) is 11.3. The summed E-state index contributed by atoms with van der Waals surface area (Å²) >= 11 is 0. The van der Waals surface area contributed by atoms with Gasteiger partial charge < -0.3 is 5.32 Å². The van der Waals surface area contributed by atoms with Crippen molar-refractivity contribution >= 4 is 0 Å². The Morgan fingerprint density at radius 2 is 2.28 bits per heavy atom. The van der Waals surface area contributed by atoms with E-state index in [1.807, 2.05) is 6.92 Å². The Balaban J connectivity index is 1.78. The van der Waals surface area contributed by atoms with Crippen LogP contribution in [0.3, 0.4) is 0 Å². The molecule has 5 heteroatoms. The average molecular weight is 246 g/mol. The van der Waals surface area contributed by atoms with Crippen LogP contribution in [0.25, 0.3) is 5.69 Å². The number of aromatic nitrogens is 3. The summed E-state index contributed by atoms with van der Waals surface area (Å²) in [5.41, 5.74) is 2.55. The van der Waals surface area contributed by atoms with Gasteiger partial charge in [-0.05, 0) is 43.5 Å². The van der Waals surface area contributed by atoms with Crippen molar-refractivity contribution in [3.05, 3.63) is 41.5 Å². The maximum atomic E-state index is 13.0. The first-order valence-electron chi connectivity index (χ1n) is 6.13. The zero-order valence-electron chi connectivity index (χ0n) is 10.2. The van der Waals surface area contributed by atoms with Crippen molar-refractivity contribution in [2.45, 2.75) is 32.4 Å². The molecule has 0 atom stereocenters. The van der Waals surface area contributed by atoms with E-state index in [-0.39, 0.29) is 5.82 Å². The number of hydrogen-bond donors (Lipinski definition) is 1. The Labute approximate surface area is 105 Å². The SMILES string of the molecule is Cc1cc(F)ccc1-n1ncc(CNC2CC2)n1. The third kappa shape index (κ3) is 2.41. The van der Waals surface area contributed by atoms with E-state index in [0.717, 1.165) is 23.5 Å². The lowest BCUT2D eigenvalue weighted by Crippen LogP contribution is -2.15. The molecule has 1 heterocycles. The van der Waals surface area contributed by atoms with Crippen molar-refractivity contribution in [2.75, 3.05) is 0 Å². The number of nitrogens with one attached hydrogen (secondary N) is 1. The number of hydrogen-bond acceptors (Lipinski definition) is 3. The van der Waals surface area contributed by atoms with Gasteiger partial charge in [0.25, 0.3) is 0 Å². The summed E-state index contributed by atoms with van der Waals surface area (Å²) in [6.45, 7) is 2.59. The van der Waals surface area contributed by atoms with Crippen LogP contribution in [0, 0.1) is 12.7 Å². The Bertz CT molecular complexity index is 560. The van der Waals surface area contributed by atoms with Crippen LogP contribution in [0.15, 0.2) is 24.4 Å². The normalized spacial score (nSPS) is 15.0. The Morgan fingerprint density at radius 1 is 1.44 bits per heavy atom. The summed E-state index contributed by atoms with van der Waals surface area (Å²) in [6.07, 6.45) is 4.26. The minimum atomic E-state index is -0.237. The van der Waals surface area contributed by atoms with Gasteiger partial charge >= 0.3 is 0 Å². The molecule has 0 spiro atoms. The lowest BCUT2D eigenvalue weighted by molar-refractivity contribution is 0.623. The second kappa shape index (κ2) is 4.49. The van der Waals surface area contributed by atoms with Crippen molar-refractivity contribution in [3.8, 4) is 5.69 Å².